The van der Waals surface area contributed by atoms with Crippen LogP contribution in [0.25, 0.3) is 32.3 Å². The standard InChI is InChI=1S/C30H15Cl6O4P/c31-22-13-16-7-1-4-10-19(16)28(25(22)34)38-41(37,39-29-20-11-5-2-8-17(20)14-23(32)26(29)35)40-30-21-12-6-3-9-18(21)15-24(33)27(30)36/h1-15H. The van der Waals surface area contributed by atoms with Crippen molar-refractivity contribution in [3.8, 4) is 17.2 Å². The number of halogens is 6. The fourth-order valence-electron chi connectivity index (χ4n) is 4.43. The van der Waals surface area contributed by atoms with E-state index in [1.807, 2.05) is 18.2 Å². The van der Waals surface area contributed by atoms with Gasteiger partial charge in [0.05, 0.1) is 15.1 Å². The van der Waals surface area contributed by atoms with Crippen molar-refractivity contribution in [2.24, 2.45) is 0 Å². The summed E-state index contributed by atoms with van der Waals surface area (Å²) in [6.45, 7) is 0. The van der Waals surface area contributed by atoms with Crippen LogP contribution in [0.1, 0.15) is 0 Å². The second-order valence-corrected chi connectivity index (χ2v) is 12.7. The fraction of sp³-hybridized carbons (Fsp3) is 0. The van der Waals surface area contributed by atoms with Gasteiger partial charge in [-0.05, 0) is 34.4 Å². The molecular formula is C30H15Cl6O4P. The van der Waals surface area contributed by atoms with E-state index in [0.29, 0.717) is 32.3 Å². The van der Waals surface area contributed by atoms with Crippen LogP contribution in [0, 0.1) is 0 Å². The van der Waals surface area contributed by atoms with Gasteiger partial charge in [-0.1, -0.05) is 142 Å². The second kappa shape index (κ2) is 11.3. The molecule has 0 saturated heterocycles. The van der Waals surface area contributed by atoms with E-state index >= 15 is 0 Å². The zero-order valence-electron chi connectivity index (χ0n) is 20.5. The summed E-state index contributed by atoms with van der Waals surface area (Å²) in [5, 5.41) is 4.10. The van der Waals surface area contributed by atoms with Gasteiger partial charge in [0.25, 0.3) is 0 Å². The molecule has 4 nitrogen and oxygen atoms in total. The van der Waals surface area contributed by atoms with Gasteiger partial charge in [0.2, 0.25) is 0 Å². The van der Waals surface area contributed by atoms with Crippen molar-refractivity contribution in [1.82, 2.24) is 0 Å². The van der Waals surface area contributed by atoms with Gasteiger partial charge in [0.15, 0.2) is 17.2 Å². The number of phosphoric acid groups is 1. The molecule has 0 aliphatic rings. The molecule has 0 aliphatic carbocycles. The Morgan fingerprint density at radius 3 is 1.00 bits per heavy atom. The second-order valence-electron chi connectivity index (χ2n) is 8.89. The number of benzene rings is 6. The van der Waals surface area contributed by atoms with Crippen LogP contribution in [0.5, 0.6) is 17.2 Å². The first-order valence-corrected chi connectivity index (χ1v) is 15.7. The van der Waals surface area contributed by atoms with E-state index in [0.717, 1.165) is 0 Å². The van der Waals surface area contributed by atoms with E-state index in [4.69, 9.17) is 83.2 Å². The van der Waals surface area contributed by atoms with Crippen molar-refractivity contribution >= 4 is 110 Å². The first-order valence-electron chi connectivity index (χ1n) is 11.9. The van der Waals surface area contributed by atoms with Crippen LogP contribution in [0.15, 0.2) is 91.0 Å². The van der Waals surface area contributed by atoms with Gasteiger partial charge in [-0.25, -0.2) is 0 Å². The Hall–Kier alpha value is -2.53. The summed E-state index contributed by atoms with van der Waals surface area (Å²) in [7, 11) is -4.77. The lowest BCUT2D eigenvalue weighted by Crippen LogP contribution is -2.09. The Balaban J connectivity index is 1.59. The van der Waals surface area contributed by atoms with E-state index in [2.05, 4.69) is 0 Å². The Morgan fingerprint density at radius 1 is 0.439 bits per heavy atom. The summed E-state index contributed by atoms with van der Waals surface area (Å²) in [6, 6.07) is 26.4. The number of hydrogen-bond acceptors (Lipinski definition) is 4. The van der Waals surface area contributed by atoms with Crippen molar-refractivity contribution < 1.29 is 18.1 Å². The number of hydrogen-bond donors (Lipinski definition) is 0. The normalized spacial score (nSPS) is 11.8. The maximum absolute atomic E-state index is 14.9. The molecule has 0 spiro atoms. The van der Waals surface area contributed by atoms with E-state index in [1.54, 1.807) is 72.8 Å². The molecule has 0 atom stereocenters. The molecule has 0 radical (unpaired) electrons. The van der Waals surface area contributed by atoms with Crippen LogP contribution in [-0.2, 0) is 4.57 Å². The molecule has 0 aromatic heterocycles. The fourth-order valence-corrected chi connectivity index (χ4v) is 7.14. The molecule has 0 amide bonds. The largest absolute Gasteiger partial charge is 0.647 e. The zero-order valence-corrected chi connectivity index (χ0v) is 25.9. The lowest BCUT2D eigenvalue weighted by atomic mass is 10.1. The molecule has 6 aromatic rings. The van der Waals surface area contributed by atoms with Crippen LogP contribution in [0.2, 0.25) is 30.1 Å². The predicted octanol–water partition coefficient (Wildman–Crippen LogP) is 12.7. The highest BCUT2D eigenvalue weighted by atomic mass is 35.5. The first-order chi connectivity index (χ1) is 19.6. The highest BCUT2D eigenvalue weighted by Gasteiger charge is 2.38. The zero-order chi connectivity index (χ0) is 28.9. The van der Waals surface area contributed by atoms with E-state index < -0.39 is 7.82 Å². The molecule has 0 fully saturated rings. The summed E-state index contributed by atoms with van der Waals surface area (Å²) in [6.07, 6.45) is 0. The first kappa shape index (κ1) is 28.6. The molecule has 0 N–H and O–H groups in total. The smallest absolute Gasteiger partial charge is 0.384 e. The van der Waals surface area contributed by atoms with Crippen molar-refractivity contribution in [3.05, 3.63) is 121 Å². The van der Waals surface area contributed by atoms with Crippen LogP contribution >= 0.6 is 77.4 Å². The number of phosphoric ester groups is 1. The van der Waals surface area contributed by atoms with Gasteiger partial charge in [-0.15, -0.1) is 0 Å². The maximum Gasteiger partial charge on any atom is 0.647 e. The molecule has 206 valence electrons. The molecule has 0 aliphatic heterocycles. The summed E-state index contributed by atoms with van der Waals surface area (Å²) >= 11 is 39.1. The molecule has 0 unspecified atom stereocenters. The summed E-state index contributed by atoms with van der Waals surface area (Å²) in [5.41, 5.74) is 0. The Morgan fingerprint density at radius 2 is 0.707 bits per heavy atom. The van der Waals surface area contributed by atoms with Gasteiger partial charge < -0.3 is 13.6 Å². The van der Waals surface area contributed by atoms with E-state index in [-0.39, 0.29) is 47.4 Å². The SMILES string of the molecule is O=P(Oc1c(Cl)c(Cl)cc2ccccc12)(Oc1c(Cl)c(Cl)cc2ccccc12)Oc1c(Cl)c(Cl)cc2ccccc12. The molecule has 0 heterocycles. The maximum atomic E-state index is 14.9. The van der Waals surface area contributed by atoms with Gasteiger partial charge in [-0.2, -0.15) is 4.57 Å². The third-order valence-electron chi connectivity index (χ3n) is 6.30. The molecule has 6 rings (SSSR count). The van der Waals surface area contributed by atoms with E-state index in [9.17, 15) is 4.57 Å². The topological polar surface area (TPSA) is 44.8 Å². The van der Waals surface area contributed by atoms with Crippen molar-refractivity contribution in [1.29, 1.82) is 0 Å². The molecule has 11 heteroatoms. The van der Waals surface area contributed by atoms with Gasteiger partial charge in [0.1, 0.15) is 15.1 Å². The molecule has 0 bridgehead atoms. The lowest BCUT2D eigenvalue weighted by molar-refractivity contribution is 0.302. The van der Waals surface area contributed by atoms with Gasteiger partial charge >= 0.3 is 7.82 Å². The molecule has 0 saturated carbocycles. The van der Waals surface area contributed by atoms with Gasteiger partial charge in [-0.3, -0.25) is 0 Å². The summed E-state index contributed by atoms with van der Waals surface area (Å²) in [5.74, 6) is -0.0750. The summed E-state index contributed by atoms with van der Waals surface area (Å²) in [4.78, 5) is 0. The van der Waals surface area contributed by atoms with Gasteiger partial charge in [0, 0.05) is 16.2 Å². The molecule has 41 heavy (non-hydrogen) atoms. The average molecular weight is 683 g/mol. The van der Waals surface area contributed by atoms with E-state index in [1.165, 1.54) is 0 Å². The quantitative estimate of drug-likeness (QED) is 0.164. The van der Waals surface area contributed by atoms with Crippen molar-refractivity contribution in [2.45, 2.75) is 0 Å². The Labute approximate surface area is 264 Å². The number of fused-ring (bicyclic) bond motifs is 3. The van der Waals surface area contributed by atoms with Crippen molar-refractivity contribution in [3.63, 3.8) is 0 Å². The van der Waals surface area contributed by atoms with Crippen LogP contribution in [0.3, 0.4) is 0 Å². The third-order valence-corrected chi connectivity index (χ3v) is 9.83. The van der Waals surface area contributed by atoms with Crippen LogP contribution in [-0.4, -0.2) is 0 Å². The Bertz CT molecular complexity index is 1820. The van der Waals surface area contributed by atoms with Crippen LogP contribution < -0.4 is 13.6 Å². The lowest BCUT2D eigenvalue weighted by Gasteiger charge is -2.24. The third kappa shape index (κ3) is 5.40. The van der Waals surface area contributed by atoms with Crippen molar-refractivity contribution in [2.75, 3.05) is 0 Å². The predicted molar refractivity (Wildman–Crippen MR) is 171 cm³/mol. The Kier molecular flexibility index (Phi) is 7.86. The monoisotopic (exact) mass is 680 g/mol. The minimum Gasteiger partial charge on any atom is -0.384 e. The minimum absolute atomic E-state index is 0.00175. The molecular weight excluding hydrogens is 668 g/mol. The highest BCUT2D eigenvalue weighted by molar-refractivity contribution is 7.49. The van der Waals surface area contributed by atoms with Crippen LogP contribution in [0.4, 0.5) is 0 Å². The average Bonchev–Trinajstić information content (AvgIpc) is 2.96. The highest BCUT2D eigenvalue weighted by Crippen LogP contribution is 2.58. The summed E-state index contributed by atoms with van der Waals surface area (Å²) < 4.78 is 33.2. The number of rotatable bonds is 6. The molecule has 6 aromatic carbocycles. The minimum atomic E-state index is -4.77.